The average molecular weight is 347 g/mol. The zero-order valence-electron chi connectivity index (χ0n) is 12.7. The predicted octanol–water partition coefficient (Wildman–Crippen LogP) is 5.91. The van der Waals surface area contributed by atoms with Gasteiger partial charge in [0, 0.05) is 12.0 Å². The maximum atomic E-state index is 12.2. The van der Waals surface area contributed by atoms with E-state index in [1.54, 1.807) is 18.2 Å². The molecule has 0 unspecified atom stereocenters. The lowest BCUT2D eigenvalue weighted by atomic mass is 10.1. The third-order valence-electron chi connectivity index (χ3n) is 3.76. The highest BCUT2D eigenvalue weighted by Crippen LogP contribution is 2.33. The SMILES string of the molecule is CCCCC(=O)c1ccc2nc(-c3c(Cl)cccc3Cl)[nH]c2c1. The van der Waals surface area contributed by atoms with Crippen molar-refractivity contribution in [1.29, 1.82) is 0 Å². The molecular formula is C18H16Cl2N2O. The normalized spacial score (nSPS) is 11.1. The Balaban J connectivity index is 2.01. The number of ketones is 1. The number of hydrogen-bond acceptors (Lipinski definition) is 2. The first-order chi connectivity index (χ1) is 11.1. The monoisotopic (exact) mass is 346 g/mol. The standard InChI is InChI=1S/C18H16Cl2N2O/c1-2-3-7-16(23)11-8-9-14-15(10-11)22-18(21-14)17-12(19)5-4-6-13(17)20/h4-6,8-10H,2-3,7H2,1H3,(H,21,22). The summed E-state index contributed by atoms with van der Waals surface area (Å²) in [6.07, 6.45) is 2.48. The van der Waals surface area contributed by atoms with Gasteiger partial charge in [0.05, 0.1) is 26.6 Å². The number of imidazole rings is 1. The number of rotatable bonds is 5. The fourth-order valence-corrected chi connectivity index (χ4v) is 3.08. The van der Waals surface area contributed by atoms with Crippen molar-refractivity contribution in [1.82, 2.24) is 9.97 Å². The van der Waals surface area contributed by atoms with Crippen LogP contribution < -0.4 is 0 Å². The van der Waals surface area contributed by atoms with Crippen LogP contribution in [0, 0.1) is 0 Å². The van der Waals surface area contributed by atoms with Crippen molar-refractivity contribution >= 4 is 40.0 Å². The fraction of sp³-hybridized carbons (Fsp3) is 0.222. The molecule has 1 heterocycles. The molecule has 0 aliphatic carbocycles. The number of fused-ring (bicyclic) bond motifs is 1. The van der Waals surface area contributed by atoms with E-state index in [1.165, 1.54) is 0 Å². The minimum atomic E-state index is 0.153. The number of nitrogens with zero attached hydrogens (tertiary/aromatic N) is 1. The third-order valence-corrected chi connectivity index (χ3v) is 4.39. The highest BCUT2D eigenvalue weighted by Gasteiger charge is 2.14. The van der Waals surface area contributed by atoms with E-state index in [0.717, 1.165) is 23.9 Å². The van der Waals surface area contributed by atoms with Gasteiger partial charge in [-0.05, 0) is 36.8 Å². The molecule has 23 heavy (non-hydrogen) atoms. The molecule has 5 heteroatoms. The van der Waals surface area contributed by atoms with E-state index in [4.69, 9.17) is 23.2 Å². The Morgan fingerprint density at radius 3 is 2.61 bits per heavy atom. The number of aromatic nitrogens is 2. The number of aromatic amines is 1. The van der Waals surface area contributed by atoms with Crippen LogP contribution in [0.1, 0.15) is 36.5 Å². The Morgan fingerprint density at radius 1 is 1.17 bits per heavy atom. The van der Waals surface area contributed by atoms with Crippen LogP contribution in [0.25, 0.3) is 22.4 Å². The zero-order chi connectivity index (χ0) is 16.4. The van der Waals surface area contributed by atoms with Crippen molar-refractivity contribution < 1.29 is 4.79 Å². The fourth-order valence-electron chi connectivity index (χ4n) is 2.51. The lowest BCUT2D eigenvalue weighted by Gasteiger charge is -2.02. The summed E-state index contributed by atoms with van der Waals surface area (Å²) >= 11 is 12.5. The molecule has 0 fully saturated rings. The smallest absolute Gasteiger partial charge is 0.162 e. The Kier molecular flexibility index (Phi) is 4.69. The molecule has 1 N–H and O–H groups in total. The quantitative estimate of drug-likeness (QED) is 0.583. The number of halogens is 2. The number of Topliss-reactive ketones (excluding diaryl/α,β-unsaturated/α-hetero) is 1. The first kappa shape index (κ1) is 16.0. The highest BCUT2D eigenvalue weighted by atomic mass is 35.5. The number of carbonyl (C=O) groups is 1. The summed E-state index contributed by atoms with van der Waals surface area (Å²) in [5, 5.41) is 1.08. The molecule has 0 saturated carbocycles. The van der Waals surface area contributed by atoms with Crippen LogP contribution in [0.15, 0.2) is 36.4 Å². The summed E-state index contributed by atoms with van der Waals surface area (Å²) in [6.45, 7) is 2.07. The van der Waals surface area contributed by atoms with Crippen LogP contribution in [0.3, 0.4) is 0 Å². The van der Waals surface area contributed by atoms with Gasteiger partial charge in [-0.15, -0.1) is 0 Å². The second-order valence-corrected chi connectivity index (χ2v) is 6.26. The van der Waals surface area contributed by atoms with E-state index >= 15 is 0 Å². The number of unbranched alkanes of at least 4 members (excludes halogenated alkanes) is 1. The van der Waals surface area contributed by atoms with Crippen LogP contribution in [0.4, 0.5) is 0 Å². The van der Waals surface area contributed by atoms with Crippen LogP contribution >= 0.6 is 23.2 Å². The van der Waals surface area contributed by atoms with Gasteiger partial charge in [0.15, 0.2) is 5.78 Å². The van der Waals surface area contributed by atoms with Gasteiger partial charge in [0.25, 0.3) is 0 Å². The summed E-state index contributed by atoms with van der Waals surface area (Å²) in [4.78, 5) is 19.9. The maximum absolute atomic E-state index is 12.2. The summed E-state index contributed by atoms with van der Waals surface area (Å²) in [6, 6.07) is 10.8. The molecule has 0 saturated heterocycles. The molecule has 118 valence electrons. The minimum Gasteiger partial charge on any atom is -0.338 e. The van der Waals surface area contributed by atoms with E-state index in [2.05, 4.69) is 16.9 Å². The first-order valence-electron chi connectivity index (χ1n) is 7.57. The van der Waals surface area contributed by atoms with E-state index in [0.29, 0.717) is 33.4 Å². The van der Waals surface area contributed by atoms with Crippen molar-refractivity contribution in [2.24, 2.45) is 0 Å². The molecular weight excluding hydrogens is 331 g/mol. The summed E-state index contributed by atoms with van der Waals surface area (Å²) in [7, 11) is 0. The van der Waals surface area contributed by atoms with Gasteiger partial charge in [0.2, 0.25) is 0 Å². The first-order valence-corrected chi connectivity index (χ1v) is 8.33. The van der Waals surface area contributed by atoms with E-state index in [9.17, 15) is 4.79 Å². The molecule has 0 aliphatic heterocycles. The molecule has 3 nitrogen and oxygen atoms in total. The summed E-state index contributed by atoms with van der Waals surface area (Å²) in [5.74, 6) is 0.759. The molecule has 3 aromatic rings. The summed E-state index contributed by atoms with van der Waals surface area (Å²) in [5.41, 5.74) is 2.96. The number of hydrogen-bond donors (Lipinski definition) is 1. The lowest BCUT2D eigenvalue weighted by molar-refractivity contribution is 0.0980. The van der Waals surface area contributed by atoms with E-state index in [1.807, 2.05) is 18.2 Å². The Hall–Kier alpha value is -1.84. The summed E-state index contributed by atoms with van der Waals surface area (Å²) < 4.78 is 0. The topological polar surface area (TPSA) is 45.8 Å². The molecule has 1 aromatic heterocycles. The molecule has 0 amide bonds. The lowest BCUT2D eigenvalue weighted by Crippen LogP contribution is -1.98. The molecule has 0 radical (unpaired) electrons. The second kappa shape index (κ2) is 6.73. The van der Waals surface area contributed by atoms with Crippen molar-refractivity contribution in [3.8, 4) is 11.4 Å². The number of H-pyrrole nitrogens is 1. The molecule has 0 atom stereocenters. The molecule has 3 rings (SSSR count). The molecule has 2 aromatic carbocycles. The highest BCUT2D eigenvalue weighted by molar-refractivity contribution is 6.39. The average Bonchev–Trinajstić information content (AvgIpc) is 2.94. The van der Waals surface area contributed by atoms with Gasteiger partial charge in [0.1, 0.15) is 5.82 Å². The molecule has 0 bridgehead atoms. The van der Waals surface area contributed by atoms with Crippen molar-refractivity contribution in [3.05, 3.63) is 52.0 Å². The van der Waals surface area contributed by atoms with Crippen molar-refractivity contribution in [2.45, 2.75) is 26.2 Å². The predicted molar refractivity (Wildman–Crippen MR) is 95.4 cm³/mol. The van der Waals surface area contributed by atoms with Gasteiger partial charge < -0.3 is 4.98 Å². The Bertz CT molecular complexity index is 850. The number of nitrogens with one attached hydrogen (secondary N) is 1. The third kappa shape index (κ3) is 3.26. The van der Waals surface area contributed by atoms with Gasteiger partial charge >= 0.3 is 0 Å². The van der Waals surface area contributed by atoms with Crippen LogP contribution in [0.2, 0.25) is 10.0 Å². The maximum Gasteiger partial charge on any atom is 0.162 e. The van der Waals surface area contributed by atoms with E-state index in [-0.39, 0.29) is 5.78 Å². The van der Waals surface area contributed by atoms with Crippen molar-refractivity contribution in [3.63, 3.8) is 0 Å². The van der Waals surface area contributed by atoms with Crippen molar-refractivity contribution in [2.75, 3.05) is 0 Å². The van der Waals surface area contributed by atoms with Crippen LogP contribution in [0.5, 0.6) is 0 Å². The minimum absolute atomic E-state index is 0.153. The molecule has 0 spiro atoms. The Morgan fingerprint density at radius 2 is 1.91 bits per heavy atom. The number of carbonyl (C=O) groups excluding carboxylic acids is 1. The largest absolute Gasteiger partial charge is 0.338 e. The second-order valence-electron chi connectivity index (χ2n) is 5.44. The van der Waals surface area contributed by atoms with Gasteiger partial charge in [-0.2, -0.15) is 0 Å². The van der Waals surface area contributed by atoms with Gasteiger partial charge in [-0.3, -0.25) is 4.79 Å². The molecule has 0 aliphatic rings. The van der Waals surface area contributed by atoms with E-state index < -0.39 is 0 Å². The Labute approximate surface area is 144 Å². The van der Waals surface area contributed by atoms with Gasteiger partial charge in [-0.1, -0.05) is 42.6 Å². The van der Waals surface area contributed by atoms with Crippen LogP contribution in [-0.4, -0.2) is 15.8 Å². The van der Waals surface area contributed by atoms with Crippen LogP contribution in [-0.2, 0) is 0 Å². The number of benzene rings is 2. The van der Waals surface area contributed by atoms with Gasteiger partial charge in [-0.25, -0.2) is 4.98 Å². The zero-order valence-corrected chi connectivity index (χ0v) is 14.2.